The predicted molar refractivity (Wildman–Crippen MR) is 76.1 cm³/mol. The lowest BCUT2D eigenvalue weighted by molar-refractivity contribution is -0.167. The monoisotopic (exact) mass is 269 g/mol. The van der Waals surface area contributed by atoms with Gasteiger partial charge in [-0.15, -0.1) is 11.3 Å². The molecular weight excluding hydrogens is 254 g/mol. The number of carbonyl (C=O) groups excluding carboxylic acids is 1. The van der Waals surface area contributed by atoms with Crippen LogP contribution in [0.1, 0.15) is 22.9 Å². The minimum absolute atomic E-state index is 0.0450. The largest absolute Gasteiger partial charge is 0.327 e. The van der Waals surface area contributed by atoms with Crippen LogP contribution in [0.4, 0.5) is 0 Å². The first-order chi connectivity index (χ1) is 9.26. The van der Waals surface area contributed by atoms with Crippen molar-refractivity contribution in [1.29, 1.82) is 0 Å². The summed E-state index contributed by atoms with van der Waals surface area (Å²) in [6.07, 6.45) is 1.00. The van der Waals surface area contributed by atoms with E-state index in [0.29, 0.717) is 5.91 Å². The number of thiophene rings is 1. The maximum absolute atomic E-state index is 12.2. The van der Waals surface area contributed by atoms with Crippen LogP contribution in [0.25, 0.3) is 0 Å². The summed E-state index contributed by atoms with van der Waals surface area (Å²) < 4.78 is 0. The van der Waals surface area contributed by atoms with Crippen molar-refractivity contribution in [3.8, 4) is 0 Å². The van der Waals surface area contributed by atoms with E-state index in [1.54, 1.807) is 0 Å². The lowest BCUT2D eigenvalue weighted by Crippen LogP contribution is -2.70. The van der Waals surface area contributed by atoms with E-state index in [-0.39, 0.29) is 11.5 Å². The van der Waals surface area contributed by atoms with Crippen molar-refractivity contribution >= 4 is 17.2 Å². The van der Waals surface area contributed by atoms with Crippen LogP contribution in [0, 0.1) is 5.92 Å². The quantitative estimate of drug-likeness (QED) is 0.729. The molecule has 2 atom stereocenters. The molecule has 2 aliphatic heterocycles. The average molecular weight is 269 g/mol. The zero-order valence-electron chi connectivity index (χ0n) is 10.8. The molecular formula is C16H15NOS. The van der Waals surface area contributed by atoms with Gasteiger partial charge in [-0.3, -0.25) is 4.79 Å². The van der Waals surface area contributed by atoms with Gasteiger partial charge in [0.2, 0.25) is 5.91 Å². The van der Waals surface area contributed by atoms with Gasteiger partial charge >= 0.3 is 0 Å². The maximum atomic E-state index is 12.2. The molecule has 1 saturated heterocycles. The van der Waals surface area contributed by atoms with Gasteiger partial charge in [0.1, 0.15) is 5.54 Å². The molecule has 1 amide bonds. The van der Waals surface area contributed by atoms with Crippen LogP contribution in [0.5, 0.6) is 0 Å². The molecule has 96 valence electrons. The van der Waals surface area contributed by atoms with Gasteiger partial charge in [0.15, 0.2) is 0 Å². The summed E-state index contributed by atoms with van der Waals surface area (Å²) in [6.45, 7) is 2.92. The highest BCUT2D eigenvalue weighted by atomic mass is 32.1. The van der Waals surface area contributed by atoms with Crippen molar-refractivity contribution < 1.29 is 4.79 Å². The molecule has 0 bridgehead atoms. The third-order valence-electron chi connectivity index (χ3n) is 4.62. The second-order valence-electron chi connectivity index (χ2n) is 5.35. The first-order valence-corrected chi connectivity index (χ1v) is 7.58. The van der Waals surface area contributed by atoms with E-state index >= 15 is 0 Å². The van der Waals surface area contributed by atoms with Crippen molar-refractivity contribution in [2.75, 3.05) is 6.54 Å². The first kappa shape index (κ1) is 11.2. The normalized spacial score (nSPS) is 28.6. The number of hydrogen-bond acceptors (Lipinski definition) is 2. The molecule has 0 spiro atoms. The summed E-state index contributed by atoms with van der Waals surface area (Å²) in [6, 6.07) is 12.7. The summed E-state index contributed by atoms with van der Waals surface area (Å²) in [5, 5.41) is 2.16. The fraction of sp³-hybridized carbons (Fsp3) is 0.312. The van der Waals surface area contributed by atoms with E-state index < -0.39 is 0 Å². The van der Waals surface area contributed by atoms with Crippen LogP contribution in [-0.2, 0) is 16.8 Å². The molecule has 1 aromatic heterocycles. The molecule has 0 unspecified atom stereocenters. The molecule has 0 aliphatic carbocycles. The van der Waals surface area contributed by atoms with Crippen LogP contribution in [0.2, 0.25) is 0 Å². The second-order valence-corrected chi connectivity index (χ2v) is 6.35. The van der Waals surface area contributed by atoms with Gasteiger partial charge in [0, 0.05) is 11.4 Å². The highest BCUT2D eigenvalue weighted by molar-refractivity contribution is 7.10. The summed E-state index contributed by atoms with van der Waals surface area (Å²) in [5.74, 6) is 0.337. The van der Waals surface area contributed by atoms with E-state index in [4.69, 9.17) is 0 Å². The van der Waals surface area contributed by atoms with Crippen molar-refractivity contribution in [3.63, 3.8) is 0 Å². The molecule has 3 heterocycles. The van der Waals surface area contributed by atoms with Crippen molar-refractivity contribution in [1.82, 2.24) is 4.90 Å². The number of β-lactam (4-membered cyclic amide) rings is 1. The molecule has 2 nitrogen and oxygen atoms in total. The molecule has 1 fully saturated rings. The van der Waals surface area contributed by atoms with E-state index in [1.807, 2.05) is 17.4 Å². The van der Waals surface area contributed by atoms with Crippen LogP contribution in [0.3, 0.4) is 0 Å². The first-order valence-electron chi connectivity index (χ1n) is 6.70. The Balaban J connectivity index is 1.99. The molecule has 3 heteroatoms. The topological polar surface area (TPSA) is 20.3 Å². The molecule has 4 rings (SSSR count). The number of amides is 1. The minimum atomic E-state index is -0.202. The van der Waals surface area contributed by atoms with Gasteiger partial charge in [0.25, 0.3) is 0 Å². The Morgan fingerprint density at radius 2 is 2.05 bits per heavy atom. The van der Waals surface area contributed by atoms with Gasteiger partial charge in [-0.1, -0.05) is 37.3 Å². The van der Waals surface area contributed by atoms with E-state index in [9.17, 15) is 4.79 Å². The fourth-order valence-electron chi connectivity index (χ4n) is 3.76. The van der Waals surface area contributed by atoms with Gasteiger partial charge in [-0.25, -0.2) is 0 Å². The average Bonchev–Trinajstić information content (AvgIpc) is 2.94. The Morgan fingerprint density at radius 1 is 1.26 bits per heavy atom. The number of fused-ring (bicyclic) bond motifs is 3. The molecule has 2 aromatic rings. The molecule has 0 radical (unpaired) electrons. The van der Waals surface area contributed by atoms with Crippen LogP contribution < -0.4 is 0 Å². The number of carbonyl (C=O) groups is 1. The van der Waals surface area contributed by atoms with Crippen LogP contribution in [0.15, 0.2) is 41.8 Å². The smallest absolute Gasteiger partial charge is 0.229 e. The Bertz CT molecular complexity index is 648. The Labute approximate surface area is 116 Å². The lowest BCUT2D eigenvalue weighted by Gasteiger charge is -2.59. The number of nitrogens with zero attached hydrogens (tertiary/aromatic N) is 1. The maximum Gasteiger partial charge on any atom is 0.229 e. The molecule has 0 N–H and O–H groups in total. The number of rotatable bonds is 1. The third kappa shape index (κ3) is 1.19. The summed E-state index contributed by atoms with van der Waals surface area (Å²) >= 11 is 1.82. The van der Waals surface area contributed by atoms with Gasteiger partial charge in [0.05, 0.1) is 5.92 Å². The number of benzene rings is 1. The minimum Gasteiger partial charge on any atom is -0.327 e. The second kappa shape index (κ2) is 3.70. The summed E-state index contributed by atoms with van der Waals surface area (Å²) in [4.78, 5) is 15.8. The SMILES string of the molecule is C[C@@H]1C(=O)N2CCc3sccc3[C@@]12c1ccccc1. The number of hydrogen-bond donors (Lipinski definition) is 0. The highest BCUT2D eigenvalue weighted by Crippen LogP contribution is 2.54. The van der Waals surface area contributed by atoms with Crippen molar-refractivity contribution in [3.05, 3.63) is 57.8 Å². The summed E-state index contributed by atoms with van der Waals surface area (Å²) in [5.41, 5.74) is 2.40. The zero-order valence-corrected chi connectivity index (χ0v) is 11.6. The lowest BCUT2D eigenvalue weighted by atomic mass is 9.63. The third-order valence-corrected chi connectivity index (χ3v) is 5.60. The van der Waals surface area contributed by atoms with Gasteiger partial charge in [-0.2, -0.15) is 0 Å². The van der Waals surface area contributed by atoms with Gasteiger partial charge < -0.3 is 4.90 Å². The van der Waals surface area contributed by atoms with Crippen LogP contribution in [-0.4, -0.2) is 17.4 Å². The van der Waals surface area contributed by atoms with Crippen molar-refractivity contribution in [2.45, 2.75) is 18.9 Å². The Morgan fingerprint density at radius 3 is 2.84 bits per heavy atom. The summed E-state index contributed by atoms with van der Waals surface area (Å²) in [7, 11) is 0. The molecule has 0 saturated carbocycles. The predicted octanol–water partition coefficient (Wildman–Crippen LogP) is 3.03. The zero-order chi connectivity index (χ0) is 13.0. The Kier molecular flexibility index (Phi) is 2.19. The van der Waals surface area contributed by atoms with E-state index in [2.05, 4.69) is 47.5 Å². The highest BCUT2D eigenvalue weighted by Gasteiger charge is 2.61. The standard InChI is InChI=1S/C16H15NOS/c1-11-15(18)17-9-7-14-13(8-10-19-14)16(11,17)12-5-3-2-4-6-12/h2-6,8,10-11H,7,9H2,1H3/t11-,16+/m1/s1. The van der Waals surface area contributed by atoms with Crippen LogP contribution >= 0.6 is 11.3 Å². The van der Waals surface area contributed by atoms with Crippen molar-refractivity contribution in [2.24, 2.45) is 5.92 Å². The van der Waals surface area contributed by atoms with Gasteiger partial charge in [-0.05, 0) is 29.0 Å². The molecule has 1 aromatic carbocycles. The molecule has 2 aliphatic rings. The van der Waals surface area contributed by atoms with E-state index in [0.717, 1.165) is 13.0 Å². The molecule has 19 heavy (non-hydrogen) atoms. The van der Waals surface area contributed by atoms with E-state index in [1.165, 1.54) is 16.0 Å². The fourth-order valence-corrected chi connectivity index (χ4v) is 4.69. The Hall–Kier alpha value is -1.61.